The predicted molar refractivity (Wildman–Crippen MR) is 116 cm³/mol. The smallest absolute Gasteiger partial charge is 0.335 e. The molecule has 0 aliphatic carbocycles. The topological polar surface area (TPSA) is 190 Å². The maximum atomic E-state index is 10.4. The van der Waals surface area contributed by atoms with Gasteiger partial charge in [0, 0.05) is 18.3 Å². The van der Waals surface area contributed by atoms with Gasteiger partial charge in [-0.25, -0.2) is 9.59 Å². The number of aromatic carboxylic acids is 2. The van der Waals surface area contributed by atoms with Crippen LogP contribution >= 0.6 is 0 Å². The van der Waals surface area contributed by atoms with Crippen molar-refractivity contribution < 1.29 is 49.8 Å². The molecule has 0 aliphatic heterocycles. The van der Waals surface area contributed by atoms with Crippen LogP contribution in [0.25, 0.3) is 0 Å². The molecule has 0 amide bonds. The second kappa shape index (κ2) is 15.8. The minimum absolute atomic E-state index is 0.0186. The van der Waals surface area contributed by atoms with E-state index in [-0.39, 0.29) is 41.9 Å². The van der Waals surface area contributed by atoms with E-state index in [2.05, 4.69) is 0 Å². The third kappa shape index (κ3) is 14.9. The number of hydrogen-bond acceptors (Lipinski definition) is 6. The molecule has 0 bridgehead atoms. The molecule has 1 aromatic carbocycles. The van der Waals surface area contributed by atoms with E-state index >= 15 is 0 Å². The Kier molecular flexibility index (Phi) is 15.4. The van der Waals surface area contributed by atoms with E-state index in [1.54, 1.807) is 0 Å². The van der Waals surface area contributed by atoms with Crippen LogP contribution in [-0.4, -0.2) is 67.2 Å². The Balaban J connectivity index is 0. The van der Waals surface area contributed by atoms with Gasteiger partial charge in [-0.2, -0.15) is 0 Å². The van der Waals surface area contributed by atoms with Gasteiger partial charge in [0.1, 0.15) is 0 Å². The minimum atomic E-state index is -1.13. The zero-order valence-electron chi connectivity index (χ0n) is 18.8. The van der Waals surface area contributed by atoms with E-state index in [0.717, 1.165) is 6.07 Å². The molecule has 1 aromatic rings. The molecule has 1 atom stereocenters. The summed E-state index contributed by atoms with van der Waals surface area (Å²) in [5, 5.41) is 51.6. The van der Waals surface area contributed by atoms with Gasteiger partial charge in [0.25, 0.3) is 0 Å². The average Bonchev–Trinajstić information content (AvgIpc) is 2.71. The van der Waals surface area contributed by atoms with Crippen LogP contribution in [0.3, 0.4) is 0 Å². The van der Waals surface area contributed by atoms with Gasteiger partial charge in [-0.05, 0) is 37.0 Å². The van der Waals surface area contributed by atoms with E-state index in [9.17, 15) is 24.3 Å². The molecule has 0 radical (unpaired) electrons. The fourth-order valence-corrected chi connectivity index (χ4v) is 2.33. The predicted octanol–water partition coefficient (Wildman–Crippen LogP) is 2.82. The summed E-state index contributed by atoms with van der Waals surface area (Å²) in [4.78, 5) is 40.6. The van der Waals surface area contributed by atoms with Crippen LogP contribution in [0, 0.1) is 11.3 Å². The molecule has 0 saturated carbocycles. The molecule has 0 heterocycles. The molecule has 0 spiro atoms. The first-order valence-corrected chi connectivity index (χ1v) is 9.94. The molecule has 182 valence electrons. The number of benzene rings is 1. The van der Waals surface area contributed by atoms with E-state index in [0.29, 0.717) is 12.8 Å². The normalized spacial score (nSPS) is 11.3. The molecule has 0 saturated heterocycles. The van der Waals surface area contributed by atoms with Crippen molar-refractivity contribution in [3.05, 3.63) is 35.4 Å². The molecule has 0 aromatic heterocycles. The highest BCUT2D eigenvalue weighted by Gasteiger charge is 2.28. The molecule has 0 aliphatic rings. The lowest BCUT2D eigenvalue weighted by atomic mass is 9.82. The summed E-state index contributed by atoms with van der Waals surface area (Å²) in [6.45, 7) is 7.64. The lowest BCUT2D eigenvalue weighted by Gasteiger charge is -2.30. The summed E-state index contributed by atoms with van der Waals surface area (Å²) < 4.78 is 0. The van der Waals surface area contributed by atoms with Crippen molar-refractivity contribution in [3.63, 3.8) is 0 Å². The van der Waals surface area contributed by atoms with E-state index in [4.69, 9.17) is 25.5 Å². The zero-order chi connectivity index (χ0) is 25.5. The first kappa shape index (κ1) is 31.2. The number of rotatable bonds is 10. The fourth-order valence-electron chi connectivity index (χ4n) is 2.33. The first-order valence-electron chi connectivity index (χ1n) is 9.94. The van der Waals surface area contributed by atoms with Crippen molar-refractivity contribution in [1.29, 1.82) is 0 Å². The highest BCUT2D eigenvalue weighted by molar-refractivity contribution is 5.93. The molecule has 10 nitrogen and oxygen atoms in total. The van der Waals surface area contributed by atoms with Crippen molar-refractivity contribution >= 4 is 23.9 Å². The van der Waals surface area contributed by atoms with Crippen LogP contribution in [0.4, 0.5) is 0 Å². The molecule has 32 heavy (non-hydrogen) atoms. The average molecular weight is 459 g/mol. The van der Waals surface area contributed by atoms with Crippen LogP contribution < -0.4 is 0 Å². The number of aliphatic hydroxyl groups excluding tert-OH is 2. The van der Waals surface area contributed by atoms with Gasteiger partial charge in [0.2, 0.25) is 0 Å². The van der Waals surface area contributed by atoms with Crippen molar-refractivity contribution in [2.24, 2.45) is 11.3 Å². The molecular formula is C22H34O10. The Hall–Kier alpha value is -2.98. The summed E-state index contributed by atoms with van der Waals surface area (Å²) in [6, 6.07) is 5.20. The molecule has 10 heteroatoms. The number of carbonyl (C=O) groups is 4. The SMILES string of the molecule is CC(C)C(O)C(C)(C)CO.O=C(O)CCCCC(=O)O.O=C(O)c1cccc(C(=O)O)c1. The standard InChI is InChI=1S/C8H6O4.C8H18O2.C6H10O4/c9-7(10)5-2-1-3-6(4-5)8(11)12;1-6(2)7(10)8(3,4)5-9;7-5(8)3-1-2-4-6(9)10/h1-4H,(H,9,10)(H,11,12);6-7,9-10H,5H2,1-4H3;1-4H2,(H,7,8)(H,9,10). The lowest BCUT2D eigenvalue weighted by Crippen LogP contribution is -2.36. The van der Waals surface area contributed by atoms with Crippen LogP contribution in [-0.2, 0) is 9.59 Å². The third-order valence-corrected chi connectivity index (χ3v) is 4.23. The fraction of sp³-hybridized carbons (Fsp3) is 0.545. The number of unbranched alkanes of at least 4 members (excludes halogenated alkanes) is 1. The van der Waals surface area contributed by atoms with Gasteiger partial charge in [0.05, 0.1) is 23.8 Å². The molecular weight excluding hydrogens is 424 g/mol. The summed E-state index contributed by atoms with van der Waals surface area (Å²) in [5.41, 5.74) is -0.404. The first-order chi connectivity index (χ1) is 14.6. The van der Waals surface area contributed by atoms with Gasteiger partial charge >= 0.3 is 23.9 Å². The van der Waals surface area contributed by atoms with Gasteiger partial charge in [-0.1, -0.05) is 33.8 Å². The Bertz CT molecular complexity index is 695. The third-order valence-electron chi connectivity index (χ3n) is 4.23. The zero-order valence-corrected chi connectivity index (χ0v) is 18.8. The number of aliphatic hydroxyl groups is 2. The van der Waals surface area contributed by atoms with E-state index in [1.165, 1.54) is 18.2 Å². The highest BCUT2D eigenvalue weighted by Crippen LogP contribution is 2.24. The second-order valence-corrected chi connectivity index (χ2v) is 8.02. The Labute approximate surface area is 187 Å². The van der Waals surface area contributed by atoms with E-state index in [1.807, 2.05) is 27.7 Å². The maximum Gasteiger partial charge on any atom is 0.335 e. The maximum absolute atomic E-state index is 10.4. The highest BCUT2D eigenvalue weighted by atomic mass is 16.4. The van der Waals surface area contributed by atoms with Crippen molar-refractivity contribution in [2.75, 3.05) is 6.61 Å². The summed E-state index contributed by atoms with van der Waals surface area (Å²) in [7, 11) is 0. The number of carboxylic acid groups (broad SMARTS) is 4. The number of aliphatic carboxylic acids is 2. The summed E-state index contributed by atoms with van der Waals surface area (Å²) in [6.07, 6.45) is 0.599. The summed E-state index contributed by atoms with van der Waals surface area (Å²) >= 11 is 0. The van der Waals surface area contributed by atoms with Crippen molar-refractivity contribution in [2.45, 2.75) is 59.5 Å². The second-order valence-electron chi connectivity index (χ2n) is 8.02. The molecule has 1 rings (SSSR count). The minimum Gasteiger partial charge on any atom is -0.481 e. The van der Waals surface area contributed by atoms with Crippen LogP contribution in [0.1, 0.15) is 74.1 Å². The van der Waals surface area contributed by atoms with Crippen LogP contribution in [0.2, 0.25) is 0 Å². The summed E-state index contributed by atoms with van der Waals surface area (Å²) in [5.74, 6) is -3.78. The van der Waals surface area contributed by atoms with Gasteiger partial charge in [-0.15, -0.1) is 0 Å². The Morgan fingerprint density at radius 1 is 0.844 bits per heavy atom. The lowest BCUT2D eigenvalue weighted by molar-refractivity contribution is -0.139. The van der Waals surface area contributed by atoms with Gasteiger partial charge < -0.3 is 30.6 Å². The number of hydrogen-bond donors (Lipinski definition) is 6. The molecule has 6 N–H and O–H groups in total. The molecule has 0 fully saturated rings. The number of carboxylic acids is 4. The quantitative estimate of drug-likeness (QED) is 0.284. The van der Waals surface area contributed by atoms with E-state index < -0.39 is 30.0 Å². The van der Waals surface area contributed by atoms with Gasteiger partial charge in [-0.3, -0.25) is 9.59 Å². The van der Waals surface area contributed by atoms with Crippen LogP contribution in [0.5, 0.6) is 0 Å². The van der Waals surface area contributed by atoms with Crippen molar-refractivity contribution in [3.8, 4) is 0 Å². The largest absolute Gasteiger partial charge is 0.481 e. The van der Waals surface area contributed by atoms with Crippen molar-refractivity contribution in [1.82, 2.24) is 0 Å². The Morgan fingerprint density at radius 2 is 1.22 bits per heavy atom. The van der Waals surface area contributed by atoms with Crippen LogP contribution in [0.15, 0.2) is 24.3 Å². The van der Waals surface area contributed by atoms with Gasteiger partial charge in [0.15, 0.2) is 0 Å². The Morgan fingerprint density at radius 3 is 1.44 bits per heavy atom. The molecule has 1 unspecified atom stereocenters. The monoisotopic (exact) mass is 458 g/mol.